The highest BCUT2D eigenvalue weighted by Crippen LogP contribution is 2.43. The third-order valence-corrected chi connectivity index (χ3v) is 11.6. The summed E-state index contributed by atoms with van der Waals surface area (Å²) in [6, 6.07) is 0. The van der Waals surface area contributed by atoms with E-state index in [9.17, 15) is 14.3 Å². The van der Waals surface area contributed by atoms with Crippen LogP contribution in [0.15, 0.2) is 72.9 Å². The van der Waals surface area contributed by atoms with Gasteiger partial charge in [0.2, 0.25) is 0 Å². The molecule has 0 spiro atoms. The van der Waals surface area contributed by atoms with Crippen molar-refractivity contribution in [2.75, 3.05) is 33.0 Å². The van der Waals surface area contributed by atoms with Crippen molar-refractivity contribution in [2.24, 2.45) is 5.73 Å². The number of hydrogen-bond acceptors (Lipinski definition) is 7. The Hall–Kier alpha value is -2.06. The predicted octanol–water partition coefficient (Wildman–Crippen LogP) is 15.9. The van der Waals surface area contributed by atoms with E-state index in [-0.39, 0.29) is 32.3 Å². The van der Waals surface area contributed by atoms with E-state index in [1.807, 2.05) is 0 Å². The smallest absolute Gasteiger partial charge is 0.457 e. The van der Waals surface area contributed by atoms with Crippen molar-refractivity contribution < 1.29 is 32.8 Å². The number of ether oxygens (including phenoxy) is 2. The Morgan fingerprint density at radius 2 is 0.855 bits per heavy atom. The molecule has 0 saturated heterocycles. The third-order valence-electron chi connectivity index (χ3n) is 10.6. The lowest BCUT2D eigenvalue weighted by atomic mass is 10.1. The molecule has 0 fully saturated rings. The maximum atomic E-state index is 12.7. The largest absolute Gasteiger partial charge is 0.472 e. The number of rotatable bonds is 48. The van der Waals surface area contributed by atoms with Crippen molar-refractivity contribution >= 4 is 13.8 Å². The van der Waals surface area contributed by atoms with Crippen molar-refractivity contribution in [1.29, 1.82) is 0 Å². The fraction of sp³-hybridized carbons (Fsp3) is 0.755. The van der Waals surface area contributed by atoms with E-state index in [0.717, 1.165) is 70.6 Å². The summed E-state index contributed by atoms with van der Waals surface area (Å²) in [7, 11) is -4.29. The molecule has 0 aliphatic carbocycles. The molecule has 0 rings (SSSR count). The first-order valence-electron chi connectivity index (χ1n) is 25.4. The molecule has 3 N–H and O–H groups in total. The minimum absolute atomic E-state index is 0.0939. The van der Waals surface area contributed by atoms with E-state index in [4.69, 9.17) is 24.3 Å². The summed E-state index contributed by atoms with van der Waals surface area (Å²) in [5.41, 5.74) is 5.39. The number of hydrogen-bond donors (Lipinski definition) is 2. The van der Waals surface area contributed by atoms with Crippen molar-refractivity contribution in [3.63, 3.8) is 0 Å². The lowest BCUT2D eigenvalue weighted by Gasteiger charge is -2.20. The molecule has 9 heteroatoms. The molecule has 0 aliphatic rings. The first-order valence-corrected chi connectivity index (χ1v) is 26.9. The second-order valence-corrected chi connectivity index (χ2v) is 18.1. The van der Waals surface area contributed by atoms with Crippen LogP contribution < -0.4 is 5.73 Å². The van der Waals surface area contributed by atoms with Gasteiger partial charge in [-0.3, -0.25) is 13.8 Å². The summed E-state index contributed by atoms with van der Waals surface area (Å²) in [5.74, 6) is -0.342. The van der Waals surface area contributed by atoms with Crippen LogP contribution in [0.25, 0.3) is 0 Å². The number of nitrogens with two attached hydrogens (primary N) is 1. The van der Waals surface area contributed by atoms with Gasteiger partial charge in [-0.15, -0.1) is 0 Å². The number of allylic oxidation sites excluding steroid dienone is 12. The van der Waals surface area contributed by atoms with Gasteiger partial charge in [-0.25, -0.2) is 4.57 Å². The fourth-order valence-electron chi connectivity index (χ4n) is 6.83. The van der Waals surface area contributed by atoms with E-state index in [1.54, 1.807) is 0 Å². The normalized spacial score (nSPS) is 13.9. The Morgan fingerprint density at radius 3 is 1.31 bits per heavy atom. The number of phosphoric acid groups is 1. The summed E-state index contributed by atoms with van der Waals surface area (Å²) in [5, 5.41) is 0. The van der Waals surface area contributed by atoms with Gasteiger partial charge in [-0.1, -0.05) is 196 Å². The van der Waals surface area contributed by atoms with E-state index in [1.165, 1.54) is 128 Å². The zero-order chi connectivity index (χ0) is 45.1. The van der Waals surface area contributed by atoms with Crippen LogP contribution in [0.2, 0.25) is 0 Å². The summed E-state index contributed by atoms with van der Waals surface area (Å²) in [4.78, 5) is 22.6. The molecule has 0 aromatic heterocycles. The number of unbranched alkanes of at least 4 members (excludes halogenated alkanes) is 23. The summed E-state index contributed by atoms with van der Waals surface area (Å²) < 4.78 is 33.6. The van der Waals surface area contributed by atoms with E-state index in [0.29, 0.717) is 13.0 Å². The standard InChI is InChI=1S/C53H96NO7P/c1-3-5-7-9-11-13-15-17-19-21-23-25-26-27-28-30-32-34-36-38-40-42-44-46-53(55)61-52(51-60-62(56,57)59-49-47-54)50-58-48-45-43-41-39-37-35-33-31-29-24-22-20-18-16-14-12-10-8-6-4-2/h12,14-15,17-18,20-21,23-24,26-27,29,52H,3-11,13,16,19,22,25,28,30-51,54H2,1-2H3,(H,56,57)/b14-12-,17-15-,20-18-,23-21-,27-26-,29-24-. The van der Waals surface area contributed by atoms with E-state index < -0.39 is 13.9 Å². The molecular weight excluding hydrogens is 794 g/mol. The SMILES string of the molecule is CCCCC/C=C\C/C=C\C/C=C\CCCCCCCCCOCC(COP(=O)(O)OCCN)OC(=O)CCCCCCCCCC/C=C\C/C=C\C/C=C\CCCCCCC. The third kappa shape index (κ3) is 49.0. The summed E-state index contributed by atoms with van der Waals surface area (Å²) in [6.07, 6.45) is 63.5. The Kier molecular flexibility index (Phi) is 48.3. The van der Waals surface area contributed by atoms with Crippen LogP contribution >= 0.6 is 7.82 Å². The maximum Gasteiger partial charge on any atom is 0.472 e. The molecule has 0 amide bonds. The van der Waals surface area contributed by atoms with Crippen molar-refractivity contribution in [3.05, 3.63) is 72.9 Å². The molecule has 0 aromatic rings. The molecule has 0 saturated carbocycles. The highest BCUT2D eigenvalue weighted by molar-refractivity contribution is 7.47. The average molecular weight is 890 g/mol. The van der Waals surface area contributed by atoms with Gasteiger partial charge in [-0.2, -0.15) is 0 Å². The quantitative estimate of drug-likeness (QED) is 0.0268. The zero-order valence-corrected chi connectivity index (χ0v) is 41.0. The molecule has 62 heavy (non-hydrogen) atoms. The minimum Gasteiger partial charge on any atom is -0.457 e. The summed E-state index contributed by atoms with van der Waals surface area (Å²) in [6.45, 7) is 4.86. The topological polar surface area (TPSA) is 117 Å². The maximum absolute atomic E-state index is 12.7. The highest BCUT2D eigenvalue weighted by Gasteiger charge is 2.25. The van der Waals surface area contributed by atoms with Gasteiger partial charge in [0, 0.05) is 19.6 Å². The fourth-order valence-corrected chi connectivity index (χ4v) is 7.60. The van der Waals surface area contributed by atoms with E-state index in [2.05, 4.69) is 86.8 Å². The first kappa shape index (κ1) is 59.9. The Morgan fingerprint density at radius 1 is 0.484 bits per heavy atom. The molecule has 0 radical (unpaired) electrons. The lowest BCUT2D eigenvalue weighted by molar-refractivity contribution is -0.154. The van der Waals surface area contributed by atoms with Crippen LogP contribution in [-0.4, -0.2) is 49.9 Å². The van der Waals surface area contributed by atoms with Crippen molar-refractivity contribution in [3.8, 4) is 0 Å². The van der Waals surface area contributed by atoms with Gasteiger partial charge in [0.25, 0.3) is 0 Å². The van der Waals surface area contributed by atoms with Crippen LogP contribution in [0, 0.1) is 0 Å². The van der Waals surface area contributed by atoms with Crippen LogP contribution in [0.5, 0.6) is 0 Å². The molecule has 8 nitrogen and oxygen atoms in total. The first-order chi connectivity index (χ1) is 30.4. The van der Waals surface area contributed by atoms with E-state index >= 15 is 0 Å². The Balaban J connectivity index is 4.01. The van der Waals surface area contributed by atoms with Gasteiger partial charge >= 0.3 is 13.8 Å². The average Bonchev–Trinajstić information content (AvgIpc) is 3.26. The second kappa shape index (κ2) is 49.9. The van der Waals surface area contributed by atoms with Crippen LogP contribution in [0.1, 0.15) is 219 Å². The van der Waals surface area contributed by atoms with Crippen LogP contribution in [0.4, 0.5) is 0 Å². The number of carbonyl (C=O) groups excluding carboxylic acids is 1. The van der Waals surface area contributed by atoms with Crippen LogP contribution in [-0.2, 0) is 27.9 Å². The molecule has 0 aliphatic heterocycles. The van der Waals surface area contributed by atoms with Gasteiger partial charge in [-0.05, 0) is 89.9 Å². The molecule has 0 heterocycles. The monoisotopic (exact) mass is 890 g/mol. The van der Waals surface area contributed by atoms with Gasteiger partial charge < -0.3 is 20.1 Å². The number of phosphoric ester groups is 1. The predicted molar refractivity (Wildman–Crippen MR) is 265 cm³/mol. The van der Waals surface area contributed by atoms with Crippen LogP contribution in [0.3, 0.4) is 0 Å². The molecule has 2 atom stereocenters. The lowest BCUT2D eigenvalue weighted by Crippen LogP contribution is -2.28. The van der Waals surface area contributed by atoms with Gasteiger partial charge in [0.1, 0.15) is 6.10 Å². The summed E-state index contributed by atoms with van der Waals surface area (Å²) >= 11 is 0. The minimum atomic E-state index is -4.29. The zero-order valence-electron chi connectivity index (χ0n) is 40.1. The highest BCUT2D eigenvalue weighted by atomic mass is 31.2. The second-order valence-electron chi connectivity index (χ2n) is 16.7. The molecule has 0 bridgehead atoms. The van der Waals surface area contributed by atoms with Crippen molar-refractivity contribution in [1.82, 2.24) is 0 Å². The number of esters is 1. The molecule has 0 aromatic carbocycles. The molecular formula is C53H96NO7P. The Labute approximate surface area is 382 Å². The Bertz CT molecular complexity index is 1180. The number of carbonyl (C=O) groups is 1. The van der Waals surface area contributed by atoms with Gasteiger partial charge in [0.15, 0.2) is 0 Å². The van der Waals surface area contributed by atoms with Crippen molar-refractivity contribution in [2.45, 2.75) is 225 Å². The van der Waals surface area contributed by atoms with Gasteiger partial charge in [0.05, 0.1) is 19.8 Å². The molecule has 360 valence electrons. The molecule has 2 unspecified atom stereocenters.